The molecule has 0 spiro atoms. The van der Waals surface area contributed by atoms with Gasteiger partial charge in [0.15, 0.2) is 0 Å². The van der Waals surface area contributed by atoms with E-state index in [1.807, 2.05) is 48.5 Å². The zero-order valence-corrected chi connectivity index (χ0v) is 16.9. The molecule has 0 aliphatic heterocycles. The van der Waals surface area contributed by atoms with Crippen molar-refractivity contribution in [3.63, 3.8) is 0 Å². The Kier molecular flexibility index (Phi) is 7.36. The Bertz CT molecular complexity index is 845. The number of thioether (sulfide) groups is 1. The maximum Gasteiger partial charge on any atom is 0.252 e. The topological polar surface area (TPSA) is 38.3 Å². The predicted octanol–water partition coefficient (Wildman–Crippen LogP) is 5.76. The lowest BCUT2D eigenvalue weighted by Crippen LogP contribution is -2.23. The number of rotatable bonds is 9. The van der Waals surface area contributed by atoms with Crippen LogP contribution < -0.4 is 10.1 Å². The highest BCUT2D eigenvalue weighted by Gasteiger charge is 2.11. The largest absolute Gasteiger partial charge is 0.494 e. The minimum Gasteiger partial charge on any atom is -0.494 e. The molecule has 3 rings (SSSR count). The van der Waals surface area contributed by atoms with Crippen LogP contribution in [0.4, 0.5) is 0 Å². The zero-order chi connectivity index (χ0) is 18.9. The molecule has 1 amide bonds. The van der Waals surface area contributed by atoms with Crippen molar-refractivity contribution in [2.45, 2.75) is 30.5 Å². The lowest BCUT2D eigenvalue weighted by atomic mass is 10.2. The average Bonchev–Trinajstić information content (AvgIpc) is 3.23. The molecule has 0 aliphatic rings. The number of thiophene rings is 1. The highest BCUT2D eigenvalue weighted by Crippen LogP contribution is 2.28. The Balaban J connectivity index is 1.57. The molecule has 5 heteroatoms. The van der Waals surface area contributed by atoms with Gasteiger partial charge in [0.05, 0.1) is 12.2 Å². The fraction of sp³-hybridized carbons (Fsp3) is 0.227. The van der Waals surface area contributed by atoms with Crippen LogP contribution in [0.15, 0.2) is 70.9 Å². The molecule has 0 fully saturated rings. The van der Waals surface area contributed by atoms with Gasteiger partial charge in [-0.25, -0.2) is 0 Å². The van der Waals surface area contributed by atoms with Crippen molar-refractivity contribution in [2.75, 3.05) is 6.61 Å². The summed E-state index contributed by atoms with van der Waals surface area (Å²) < 4.78 is 5.59. The molecule has 0 atom stereocenters. The smallest absolute Gasteiger partial charge is 0.252 e. The van der Waals surface area contributed by atoms with Crippen LogP contribution in [0.3, 0.4) is 0 Å². The number of nitrogens with one attached hydrogen (secondary N) is 1. The number of hydrogen-bond acceptors (Lipinski definition) is 4. The molecule has 1 heterocycles. The van der Waals surface area contributed by atoms with E-state index in [0.717, 1.165) is 40.6 Å². The maximum absolute atomic E-state index is 12.7. The summed E-state index contributed by atoms with van der Waals surface area (Å²) in [6, 6.07) is 19.8. The molecule has 0 unspecified atom stereocenters. The van der Waals surface area contributed by atoms with Crippen LogP contribution in [-0.4, -0.2) is 12.5 Å². The molecule has 0 bridgehead atoms. The third-order valence-corrected chi connectivity index (χ3v) is 6.11. The summed E-state index contributed by atoms with van der Waals surface area (Å²) in [6.45, 7) is 3.30. The summed E-state index contributed by atoms with van der Waals surface area (Å²) in [4.78, 5) is 15.0. The summed E-state index contributed by atoms with van der Waals surface area (Å²) in [6.07, 6.45) is 0.988. The number of ether oxygens (including phenoxy) is 1. The van der Waals surface area contributed by atoms with E-state index in [4.69, 9.17) is 4.74 Å². The van der Waals surface area contributed by atoms with Crippen LogP contribution in [0, 0.1) is 0 Å². The first kappa shape index (κ1) is 19.5. The van der Waals surface area contributed by atoms with Crippen LogP contribution in [0.25, 0.3) is 0 Å². The summed E-state index contributed by atoms with van der Waals surface area (Å²) in [5.74, 6) is 1.69. The highest BCUT2D eigenvalue weighted by molar-refractivity contribution is 7.98. The van der Waals surface area contributed by atoms with E-state index >= 15 is 0 Å². The van der Waals surface area contributed by atoms with Gasteiger partial charge in [0.1, 0.15) is 5.75 Å². The molecule has 0 radical (unpaired) electrons. The molecule has 27 heavy (non-hydrogen) atoms. The normalized spacial score (nSPS) is 10.6. The third kappa shape index (κ3) is 5.88. The molecule has 1 N–H and O–H groups in total. The minimum absolute atomic E-state index is 0.0458. The van der Waals surface area contributed by atoms with Crippen molar-refractivity contribution < 1.29 is 9.53 Å². The van der Waals surface area contributed by atoms with Gasteiger partial charge in [0.25, 0.3) is 5.91 Å². The Hall–Kier alpha value is -2.24. The summed E-state index contributed by atoms with van der Waals surface area (Å²) in [5.41, 5.74) is 1.78. The molecule has 1 aromatic heterocycles. The van der Waals surface area contributed by atoms with Crippen molar-refractivity contribution in [1.29, 1.82) is 0 Å². The van der Waals surface area contributed by atoms with Crippen molar-refractivity contribution in [2.24, 2.45) is 0 Å². The predicted molar refractivity (Wildman–Crippen MR) is 114 cm³/mol. The van der Waals surface area contributed by atoms with E-state index in [0.29, 0.717) is 6.54 Å². The zero-order valence-electron chi connectivity index (χ0n) is 15.3. The van der Waals surface area contributed by atoms with Gasteiger partial charge in [-0.15, -0.1) is 23.1 Å². The van der Waals surface area contributed by atoms with E-state index < -0.39 is 0 Å². The second-order valence-corrected chi connectivity index (χ2v) is 8.09. The second kappa shape index (κ2) is 10.2. The van der Waals surface area contributed by atoms with Crippen LogP contribution in [0.1, 0.15) is 34.1 Å². The minimum atomic E-state index is -0.0458. The van der Waals surface area contributed by atoms with Gasteiger partial charge in [-0.05, 0) is 47.7 Å². The molecule has 0 saturated carbocycles. The van der Waals surface area contributed by atoms with Gasteiger partial charge >= 0.3 is 0 Å². The summed E-state index contributed by atoms with van der Waals surface area (Å²) >= 11 is 3.44. The van der Waals surface area contributed by atoms with E-state index in [1.165, 1.54) is 4.88 Å². The highest BCUT2D eigenvalue weighted by atomic mass is 32.2. The molecule has 140 valence electrons. The molecule has 0 aliphatic carbocycles. The van der Waals surface area contributed by atoms with Crippen LogP contribution in [0.5, 0.6) is 5.75 Å². The van der Waals surface area contributed by atoms with E-state index in [9.17, 15) is 4.79 Å². The molecule has 2 aromatic carbocycles. The first-order valence-corrected chi connectivity index (χ1v) is 10.9. The van der Waals surface area contributed by atoms with E-state index in [2.05, 4.69) is 29.8 Å². The Morgan fingerprint density at radius 1 is 1.07 bits per heavy atom. The van der Waals surface area contributed by atoms with Gasteiger partial charge in [0.2, 0.25) is 0 Å². The maximum atomic E-state index is 12.7. The Morgan fingerprint density at radius 3 is 2.63 bits per heavy atom. The van der Waals surface area contributed by atoms with Gasteiger partial charge in [-0.1, -0.05) is 37.3 Å². The standard InChI is InChI=1S/C22H23NO2S2/c1-2-13-25-18-11-9-17(10-12-18)15-23-22(24)20-7-3-4-8-21(20)27-16-19-6-5-14-26-19/h3-12,14H,2,13,15-16H2,1H3,(H,23,24). The number of carbonyl (C=O) groups excluding carboxylic acids is 1. The molecule has 3 nitrogen and oxygen atoms in total. The van der Waals surface area contributed by atoms with Crippen LogP contribution in [-0.2, 0) is 12.3 Å². The van der Waals surface area contributed by atoms with Crippen LogP contribution in [0.2, 0.25) is 0 Å². The molecular formula is C22H23NO2S2. The van der Waals surface area contributed by atoms with Crippen molar-refractivity contribution >= 4 is 29.0 Å². The SMILES string of the molecule is CCCOc1ccc(CNC(=O)c2ccccc2SCc2cccs2)cc1. The van der Waals surface area contributed by atoms with Crippen molar-refractivity contribution in [1.82, 2.24) is 5.32 Å². The lowest BCUT2D eigenvalue weighted by molar-refractivity contribution is 0.0948. The first-order valence-electron chi connectivity index (χ1n) is 9.00. The van der Waals surface area contributed by atoms with Crippen molar-refractivity contribution in [3.05, 3.63) is 82.0 Å². The quantitative estimate of drug-likeness (QED) is 0.467. The summed E-state index contributed by atoms with van der Waals surface area (Å²) in [7, 11) is 0. The van der Waals surface area contributed by atoms with Gasteiger partial charge in [0, 0.05) is 22.1 Å². The molecule has 0 saturated heterocycles. The summed E-state index contributed by atoms with van der Waals surface area (Å²) in [5, 5.41) is 5.10. The van der Waals surface area contributed by atoms with Crippen molar-refractivity contribution in [3.8, 4) is 5.75 Å². The number of amides is 1. The number of carbonyl (C=O) groups is 1. The van der Waals surface area contributed by atoms with Gasteiger partial charge in [-0.3, -0.25) is 4.79 Å². The Labute approximate surface area is 168 Å². The van der Waals surface area contributed by atoms with E-state index in [-0.39, 0.29) is 5.91 Å². The van der Waals surface area contributed by atoms with Crippen LogP contribution >= 0.6 is 23.1 Å². The Morgan fingerprint density at radius 2 is 1.89 bits per heavy atom. The molecule has 3 aromatic rings. The fourth-order valence-corrected chi connectivity index (χ4v) is 4.35. The first-order chi connectivity index (χ1) is 13.3. The molecular weight excluding hydrogens is 374 g/mol. The van der Waals surface area contributed by atoms with Gasteiger partial charge in [-0.2, -0.15) is 0 Å². The van der Waals surface area contributed by atoms with Gasteiger partial charge < -0.3 is 10.1 Å². The third-order valence-electron chi connectivity index (χ3n) is 3.93. The lowest BCUT2D eigenvalue weighted by Gasteiger charge is -2.10. The monoisotopic (exact) mass is 397 g/mol. The second-order valence-electron chi connectivity index (χ2n) is 6.04. The number of benzene rings is 2. The average molecular weight is 398 g/mol. The number of hydrogen-bond donors (Lipinski definition) is 1. The fourth-order valence-electron chi connectivity index (χ4n) is 2.52. The van der Waals surface area contributed by atoms with E-state index in [1.54, 1.807) is 23.1 Å².